The lowest BCUT2D eigenvalue weighted by Gasteiger charge is -2.14. The number of methoxy groups -OCH3 is 1. The fraction of sp³-hybridized carbons (Fsp3) is 0.208. The Kier molecular flexibility index (Phi) is 6.74. The number of anilines is 1. The van der Waals surface area contributed by atoms with Gasteiger partial charge in [0.05, 0.1) is 13.7 Å². The van der Waals surface area contributed by atoms with Crippen LogP contribution in [0.15, 0.2) is 66.7 Å². The van der Waals surface area contributed by atoms with E-state index >= 15 is 0 Å². The quantitative estimate of drug-likeness (QED) is 0.571. The monoisotopic (exact) mass is 391 g/mol. The van der Waals surface area contributed by atoms with E-state index in [2.05, 4.69) is 5.32 Å². The highest BCUT2D eigenvalue weighted by Gasteiger charge is 2.12. The molecule has 0 heterocycles. The minimum Gasteiger partial charge on any atom is -0.497 e. The van der Waals surface area contributed by atoms with E-state index in [1.165, 1.54) is 0 Å². The Labute approximate surface area is 171 Å². The largest absolute Gasteiger partial charge is 0.497 e. The molecule has 3 aromatic carbocycles. The molecule has 0 bridgehead atoms. The normalized spacial score (nSPS) is 10.3. The molecule has 0 aliphatic carbocycles. The maximum atomic E-state index is 12.7. The number of aryl methyl sites for hydroxylation is 1. The van der Waals surface area contributed by atoms with Crippen LogP contribution in [-0.2, 0) is 6.61 Å². The number of amides is 1. The molecular weight excluding hydrogens is 366 g/mol. The lowest BCUT2D eigenvalue weighted by atomic mass is 10.1. The summed E-state index contributed by atoms with van der Waals surface area (Å²) in [5.74, 6) is 2.00. The maximum absolute atomic E-state index is 12.7. The van der Waals surface area contributed by atoms with E-state index in [-0.39, 0.29) is 12.5 Å². The molecule has 150 valence electrons. The molecule has 0 unspecified atom stereocenters. The third-order valence-corrected chi connectivity index (χ3v) is 4.39. The van der Waals surface area contributed by atoms with Crippen molar-refractivity contribution >= 4 is 11.6 Å². The van der Waals surface area contributed by atoms with Crippen LogP contribution in [0.2, 0.25) is 0 Å². The molecule has 1 amide bonds. The summed E-state index contributed by atoms with van der Waals surface area (Å²) in [5, 5.41) is 2.92. The van der Waals surface area contributed by atoms with Crippen molar-refractivity contribution in [2.75, 3.05) is 19.0 Å². The van der Waals surface area contributed by atoms with Crippen molar-refractivity contribution in [3.63, 3.8) is 0 Å². The lowest BCUT2D eigenvalue weighted by Crippen LogP contribution is -2.13. The van der Waals surface area contributed by atoms with Crippen LogP contribution >= 0.6 is 0 Å². The summed E-state index contributed by atoms with van der Waals surface area (Å²) in [6.07, 6.45) is 0. The highest BCUT2D eigenvalue weighted by Crippen LogP contribution is 2.24. The minimum atomic E-state index is -0.178. The Morgan fingerprint density at radius 2 is 1.59 bits per heavy atom. The first kappa shape index (κ1) is 20.3. The first-order valence-electron chi connectivity index (χ1n) is 9.49. The minimum absolute atomic E-state index is 0.178. The third kappa shape index (κ3) is 5.51. The average molecular weight is 391 g/mol. The molecule has 1 N–H and O–H groups in total. The first-order valence-corrected chi connectivity index (χ1v) is 9.49. The van der Waals surface area contributed by atoms with Crippen molar-refractivity contribution in [2.45, 2.75) is 20.5 Å². The maximum Gasteiger partial charge on any atom is 0.255 e. The molecule has 0 atom stereocenters. The van der Waals surface area contributed by atoms with E-state index in [1.54, 1.807) is 25.3 Å². The molecule has 5 heteroatoms. The predicted octanol–water partition coefficient (Wildman–Crippen LogP) is 5.23. The molecule has 0 fully saturated rings. The van der Waals surface area contributed by atoms with Crippen LogP contribution in [0, 0.1) is 6.92 Å². The van der Waals surface area contributed by atoms with Gasteiger partial charge in [0.1, 0.15) is 23.9 Å². The van der Waals surface area contributed by atoms with Crippen molar-refractivity contribution in [3.05, 3.63) is 83.4 Å². The molecule has 29 heavy (non-hydrogen) atoms. The Morgan fingerprint density at radius 1 is 0.897 bits per heavy atom. The molecule has 0 spiro atoms. The van der Waals surface area contributed by atoms with Crippen molar-refractivity contribution < 1.29 is 19.0 Å². The second-order valence-corrected chi connectivity index (χ2v) is 6.54. The number of carbonyl (C=O) groups is 1. The number of hydrogen-bond acceptors (Lipinski definition) is 4. The van der Waals surface area contributed by atoms with E-state index in [0.717, 1.165) is 22.6 Å². The summed E-state index contributed by atoms with van der Waals surface area (Å²) < 4.78 is 16.7. The van der Waals surface area contributed by atoms with Gasteiger partial charge in [0.25, 0.3) is 5.91 Å². The van der Waals surface area contributed by atoms with Gasteiger partial charge in [0.2, 0.25) is 0 Å². The molecular formula is C24H25NO4. The van der Waals surface area contributed by atoms with Crippen molar-refractivity contribution in [3.8, 4) is 17.2 Å². The zero-order valence-electron chi connectivity index (χ0n) is 16.9. The van der Waals surface area contributed by atoms with Crippen molar-refractivity contribution in [1.82, 2.24) is 0 Å². The number of hydrogen-bond donors (Lipinski definition) is 1. The van der Waals surface area contributed by atoms with Crippen LogP contribution in [-0.4, -0.2) is 19.6 Å². The topological polar surface area (TPSA) is 56.8 Å². The number of benzene rings is 3. The van der Waals surface area contributed by atoms with Crippen LogP contribution in [0.4, 0.5) is 5.69 Å². The highest BCUT2D eigenvalue weighted by molar-refractivity contribution is 6.04. The van der Waals surface area contributed by atoms with Crippen LogP contribution < -0.4 is 19.5 Å². The predicted molar refractivity (Wildman–Crippen MR) is 114 cm³/mol. The molecule has 0 aromatic heterocycles. The second kappa shape index (κ2) is 9.64. The lowest BCUT2D eigenvalue weighted by molar-refractivity contribution is 0.102. The van der Waals surface area contributed by atoms with Gasteiger partial charge in [-0.2, -0.15) is 0 Å². The molecule has 0 aliphatic rings. The fourth-order valence-corrected chi connectivity index (χ4v) is 2.80. The van der Waals surface area contributed by atoms with Gasteiger partial charge >= 0.3 is 0 Å². The third-order valence-electron chi connectivity index (χ3n) is 4.39. The van der Waals surface area contributed by atoms with Crippen LogP contribution in [0.3, 0.4) is 0 Å². The van der Waals surface area contributed by atoms with Gasteiger partial charge in [-0.3, -0.25) is 4.79 Å². The molecule has 0 aliphatic heterocycles. The van der Waals surface area contributed by atoms with Gasteiger partial charge in [-0.05, 0) is 68.4 Å². The number of carbonyl (C=O) groups excluding carboxylic acids is 1. The Bertz CT molecular complexity index is 950. The summed E-state index contributed by atoms with van der Waals surface area (Å²) in [5.41, 5.74) is 3.24. The van der Waals surface area contributed by atoms with E-state index in [0.29, 0.717) is 23.7 Å². The van der Waals surface area contributed by atoms with E-state index in [1.807, 2.05) is 62.4 Å². The number of rotatable bonds is 8. The Hall–Kier alpha value is -3.47. The molecule has 3 aromatic rings. The summed E-state index contributed by atoms with van der Waals surface area (Å²) >= 11 is 0. The first-order chi connectivity index (χ1) is 14.1. The van der Waals surface area contributed by atoms with E-state index < -0.39 is 0 Å². The molecule has 5 nitrogen and oxygen atoms in total. The average Bonchev–Trinajstić information content (AvgIpc) is 2.75. The molecule has 3 rings (SSSR count). The fourth-order valence-electron chi connectivity index (χ4n) is 2.80. The Morgan fingerprint density at radius 3 is 2.24 bits per heavy atom. The van der Waals surface area contributed by atoms with Crippen LogP contribution in [0.25, 0.3) is 0 Å². The SMILES string of the molecule is CCOc1ccc(C(=O)Nc2ccc(C)cc2)cc1COc1ccc(OC)cc1. The Balaban J connectivity index is 1.75. The summed E-state index contributed by atoms with van der Waals surface area (Å²) in [4.78, 5) is 12.7. The molecule has 0 radical (unpaired) electrons. The molecule has 0 saturated carbocycles. The van der Waals surface area contributed by atoms with Gasteiger partial charge in [-0.25, -0.2) is 0 Å². The van der Waals surface area contributed by atoms with E-state index in [9.17, 15) is 4.79 Å². The number of nitrogens with one attached hydrogen (secondary N) is 1. The smallest absolute Gasteiger partial charge is 0.255 e. The summed E-state index contributed by atoms with van der Waals surface area (Å²) in [6, 6.07) is 20.4. The zero-order chi connectivity index (χ0) is 20.6. The highest BCUT2D eigenvalue weighted by atomic mass is 16.5. The summed E-state index contributed by atoms with van der Waals surface area (Å²) in [7, 11) is 1.62. The van der Waals surface area contributed by atoms with Crippen molar-refractivity contribution in [1.29, 1.82) is 0 Å². The van der Waals surface area contributed by atoms with Gasteiger partial charge in [0, 0.05) is 16.8 Å². The number of ether oxygens (including phenoxy) is 3. The van der Waals surface area contributed by atoms with Crippen LogP contribution in [0.1, 0.15) is 28.4 Å². The van der Waals surface area contributed by atoms with E-state index in [4.69, 9.17) is 14.2 Å². The zero-order valence-corrected chi connectivity index (χ0v) is 16.9. The standard InChI is InChI=1S/C24H25NO4/c1-4-28-23-14-7-18(24(26)25-20-8-5-17(2)6-9-20)15-19(23)16-29-22-12-10-21(27-3)11-13-22/h5-15H,4,16H2,1-3H3,(H,25,26). The van der Waals surface area contributed by atoms with Gasteiger partial charge in [-0.1, -0.05) is 17.7 Å². The van der Waals surface area contributed by atoms with Crippen molar-refractivity contribution in [2.24, 2.45) is 0 Å². The van der Waals surface area contributed by atoms with Gasteiger partial charge in [0.15, 0.2) is 0 Å². The van der Waals surface area contributed by atoms with Crippen LogP contribution in [0.5, 0.6) is 17.2 Å². The van der Waals surface area contributed by atoms with Gasteiger partial charge in [-0.15, -0.1) is 0 Å². The summed E-state index contributed by atoms with van der Waals surface area (Å²) in [6.45, 7) is 4.75. The second-order valence-electron chi connectivity index (χ2n) is 6.54. The van der Waals surface area contributed by atoms with Gasteiger partial charge < -0.3 is 19.5 Å². The molecule has 0 saturated heterocycles.